The summed E-state index contributed by atoms with van der Waals surface area (Å²) >= 11 is 0. The molecule has 1 aliphatic heterocycles. The number of rotatable bonds is 0. The van der Waals surface area contributed by atoms with E-state index in [2.05, 4.69) is 0 Å². The van der Waals surface area contributed by atoms with Crippen LogP contribution in [0.5, 0.6) is 0 Å². The van der Waals surface area contributed by atoms with E-state index < -0.39 is 5.41 Å². The zero-order valence-corrected chi connectivity index (χ0v) is 7.74. The number of fused-ring (bicyclic) bond motifs is 1. The molecule has 1 amide bonds. The molecule has 0 spiro atoms. The van der Waals surface area contributed by atoms with Crippen molar-refractivity contribution in [3.8, 4) is 0 Å². The fourth-order valence-corrected chi connectivity index (χ4v) is 1.74. The number of anilines is 1. The Labute approximate surface area is 79.0 Å². The van der Waals surface area contributed by atoms with Crippen LogP contribution in [-0.2, 0) is 10.2 Å². The van der Waals surface area contributed by atoms with Crippen molar-refractivity contribution in [1.29, 1.82) is 0 Å². The van der Waals surface area contributed by atoms with Crippen LogP contribution >= 0.6 is 0 Å². The van der Waals surface area contributed by atoms with Crippen LogP contribution in [0.15, 0.2) is 24.3 Å². The molecule has 0 unspecified atom stereocenters. The third kappa shape index (κ3) is 0.931. The highest BCUT2D eigenvalue weighted by Crippen LogP contribution is 2.39. The van der Waals surface area contributed by atoms with Gasteiger partial charge < -0.3 is 4.81 Å². The second kappa shape index (κ2) is 2.38. The van der Waals surface area contributed by atoms with E-state index in [0.29, 0.717) is 0 Å². The van der Waals surface area contributed by atoms with Gasteiger partial charge in [0.2, 0.25) is 13.9 Å². The van der Waals surface area contributed by atoms with Crippen molar-refractivity contribution in [2.75, 3.05) is 4.81 Å². The summed E-state index contributed by atoms with van der Waals surface area (Å²) in [7, 11) is 5.65. The van der Waals surface area contributed by atoms with Gasteiger partial charge in [0.05, 0.1) is 5.41 Å². The maximum Gasteiger partial charge on any atom is 0.238 e. The molecule has 1 aromatic rings. The lowest BCUT2D eigenvalue weighted by molar-refractivity contribution is -0.121. The lowest BCUT2D eigenvalue weighted by atomic mass is 9.86. The predicted molar refractivity (Wildman–Crippen MR) is 52.7 cm³/mol. The lowest BCUT2D eigenvalue weighted by Crippen LogP contribution is -2.34. The highest BCUT2D eigenvalue weighted by atomic mass is 16.2. The van der Waals surface area contributed by atoms with Gasteiger partial charge >= 0.3 is 0 Å². The van der Waals surface area contributed by atoms with Crippen LogP contribution in [0.2, 0.25) is 0 Å². The molecule has 3 heteroatoms. The summed E-state index contributed by atoms with van der Waals surface area (Å²) < 4.78 is 0. The maximum atomic E-state index is 11.7. The zero-order valence-electron chi connectivity index (χ0n) is 7.74. The molecule has 1 aromatic carbocycles. The minimum Gasteiger partial charge on any atom is -0.368 e. The number of hydrogen-bond acceptors (Lipinski definition) is 1. The Morgan fingerprint density at radius 1 is 1.31 bits per heavy atom. The average Bonchev–Trinajstić information content (AvgIpc) is 2.30. The fraction of sp³-hybridized carbons (Fsp3) is 0.300. The average molecular weight is 171 g/mol. The normalized spacial score (nSPS) is 18.9. The molecule has 0 saturated heterocycles. The van der Waals surface area contributed by atoms with E-state index in [1.165, 1.54) is 4.81 Å². The van der Waals surface area contributed by atoms with Crippen LogP contribution < -0.4 is 4.81 Å². The van der Waals surface area contributed by atoms with Crippen LogP contribution in [0.4, 0.5) is 5.69 Å². The van der Waals surface area contributed by atoms with Crippen LogP contribution in [-0.4, -0.2) is 13.9 Å². The second-order valence-electron chi connectivity index (χ2n) is 3.82. The third-order valence-corrected chi connectivity index (χ3v) is 2.59. The molecule has 2 rings (SSSR count). The highest BCUT2D eigenvalue weighted by molar-refractivity contribution is 6.35. The van der Waals surface area contributed by atoms with Crippen molar-refractivity contribution in [2.45, 2.75) is 19.3 Å². The molecule has 0 saturated carbocycles. The third-order valence-electron chi connectivity index (χ3n) is 2.59. The number of para-hydroxylation sites is 1. The molecule has 0 atom stereocenters. The molecule has 0 N–H and O–H groups in total. The fourth-order valence-electron chi connectivity index (χ4n) is 1.74. The summed E-state index contributed by atoms with van der Waals surface area (Å²) in [5.74, 6) is -0.0475. The van der Waals surface area contributed by atoms with Gasteiger partial charge in [0.1, 0.15) is 0 Å². The molecule has 13 heavy (non-hydrogen) atoms. The molecule has 1 heterocycles. The SMILES string of the molecule is [B]N1C(=O)C(C)(C)c2ccccc21. The molecule has 64 valence electrons. The molecule has 1 aliphatic rings. The molecule has 0 fully saturated rings. The quantitative estimate of drug-likeness (QED) is 0.540. The van der Waals surface area contributed by atoms with Crippen molar-refractivity contribution >= 4 is 19.6 Å². The molecular formula is C10H10BNO. The van der Waals surface area contributed by atoms with E-state index >= 15 is 0 Å². The van der Waals surface area contributed by atoms with Gasteiger partial charge in [-0.15, -0.1) is 0 Å². The summed E-state index contributed by atoms with van der Waals surface area (Å²) in [5, 5.41) is 0. The van der Waals surface area contributed by atoms with Gasteiger partial charge in [0.15, 0.2) is 0 Å². The minimum atomic E-state index is -0.481. The monoisotopic (exact) mass is 171 g/mol. The van der Waals surface area contributed by atoms with Crippen molar-refractivity contribution in [3.63, 3.8) is 0 Å². The van der Waals surface area contributed by atoms with Crippen LogP contribution in [0.1, 0.15) is 19.4 Å². The van der Waals surface area contributed by atoms with Crippen molar-refractivity contribution in [2.24, 2.45) is 0 Å². The molecular weight excluding hydrogens is 161 g/mol. The highest BCUT2D eigenvalue weighted by Gasteiger charge is 2.40. The Hall–Kier alpha value is -1.25. The zero-order chi connectivity index (χ0) is 9.64. The first-order valence-electron chi connectivity index (χ1n) is 4.24. The Morgan fingerprint density at radius 2 is 1.92 bits per heavy atom. The van der Waals surface area contributed by atoms with Crippen LogP contribution in [0.25, 0.3) is 0 Å². The van der Waals surface area contributed by atoms with E-state index in [4.69, 9.17) is 7.98 Å². The van der Waals surface area contributed by atoms with E-state index in [0.717, 1.165) is 11.3 Å². The van der Waals surface area contributed by atoms with Gasteiger partial charge in [-0.1, -0.05) is 18.2 Å². The van der Waals surface area contributed by atoms with E-state index in [1.807, 2.05) is 38.1 Å². The molecule has 0 aliphatic carbocycles. The lowest BCUT2D eigenvalue weighted by Gasteiger charge is -2.16. The van der Waals surface area contributed by atoms with Gasteiger partial charge in [-0.2, -0.15) is 0 Å². The van der Waals surface area contributed by atoms with Gasteiger partial charge in [-0.05, 0) is 25.5 Å². The number of amides is 1. The smallest absolute Gasteiger partial charge is 0.238 e. The van der Waals surface area contributed by atoms with Crippen molar-refractivity contribution < 1.29 is 4.79 Å². The number of carbonyl (C=O) groups is 1. The Balaban J connectivity index is 2.68. The van der Waals surface area contributed by atoms with Gasteiger partial charge in [-0.3, -0.25) is 4.79 Å². The molecule has 0 bridgehead atoms. The predicted octanol–water partition coefficient (Wildman–Crippen LogP) is 1.39. The first-order chi connectivity index (χ1) is 6.05. The maximum absolute atomic E-state index is 11.7. The van der Waals surface area contributed by atoms with Crippen molar-refractivity contribution in [3.05, 3.63) is 29.8 Å². The largest absolute Gasteiger partial charge is 0.368 e. The molecule has 0 aromatic heterocycles. The van der Waals surface area contributed by atoms with Crippen LogP contribution in [0, 0.1) is 0 Å². The van der Waals surface area contributed by atoms with E-state index in [1.54, 1.807) is 0 Å². The molecule has 2 radical (unpaired) electrons. The Morgan fingerprint density at radius 3 is 2.54 bits per heavy atom. The van der Waals surface area contributed by atoms with Gasteiger partial charge in [0, 0.05) is 5.69 Å². The summed E-state index contributed by atoms with van der Waals surface area (Å²) in [6.45, 7) is 3.78. The first kappa shape index (κ1) is 8.36. The van der Waals surface area contributed by atoms with E-state index in [9.17, 15) is 4.79 Å². The van der Waals surface area contributed by atoms with E-state index in [-0.39, 0.29) is 5.91 Å². The number of carbonyl (C=O) groups excluding carboxylic acids is 1. The second-order valence-corrected chi connectivity index (χ2v) is 3.82. The number of benzene rings is 1. The summed E-state index contributed by atoms with van der Waals surface area (Å²) in [5.41, 5.74) is 1.34. The minimum absolute atomic E-state index is 0.0475. The van der Waals surface area contributed by atoms with Gasteiger partial charge in [-0.25, -0.2) is 0 Å². The standard InChI is InChI=1S/C10H10BNO/c1-10(2)7-5-3-4-6-8(7)12(11)9(10)13/h3-6H,1-2H3. The Kier molecular flexibility index (Phi) is 1.53. The number of hydrogen-bond donors (Lipinski definition) is 0. The van der Waals surface area contributed by atoms with Crippen LogP contribution in [0.3, 0.4) is 0 Å². The Bertz CT molecular complexity index is 373. The van der Waals surface area contributed by atoms with Gasteiger partial charge in [0.25, 0.3) is 0 Å². The summed E-state index contributed by atoms with van der Waals surface area (Å²) in [4.78, 5) is 12.9. The topological polar surface area (TPSA) is 20.3 Å². The number of nitrogens with zero attached hydrogens (tertiary/aromatic N) is 1. The first-order valence-corrected chi connectivity index (χ1v) is 4.24. The van der Waals surface area contributed by atoms with Crippen molar-refractivity contribution in [1.82, 2.24) is 0 Å². The summed E-state index contributed by atoms with van der Waals surface area (Å²) in [6, 6.07) is 7.61. The molecule has 2 nitrogen and oxygen atoms in total. The summed E-state index contributed by atoms with van der Waals surface area (Å²) in [6.07, 6.45) is 0.